The molecular formula is C17H20N4. The number of para-hydroxylation sites is 1. The molecule has 1 N–H and O–H groups in total. The van der Waals surface area contributed by atoms with Gasteiger partial charge in [-0.2, -0.15) is 5.10 Å². The van der Waals surface area contributed by atoms with Crippen molar-refractivity contribution in [3.05, 3.63) is 59.5 Å². The molecule has 2 heterocycles. The highest BCUT2D eigenvalue weighted by atomic mass is 15.3. The van der Waals surface area contributed by atoms with Crippen LogP contribution in [-0.4, -0.2) is 21.8 Å². The Bertz CT molecular complexity index is 755. The predicted molar refractivity (Wildman–Crippen MR) is 85.2 cm³/mol. The second-order valence-corrected chi connectivity index (χ2v) is 5.34. The summed E-state index contributed by atoms with van der Waals surface area (Å²) in [6, 6.07) is 10.7. The number of hydrogen-bond acceptors (Lipinski definition) is 3. The van der Waals surface area contributed by atoms with Crippen molar-refractivity contribution >= 4 is 10.9 Å². The Kier molecular flexibility index (Phi) is 3.71. The molecule has 3 aromatic rings. The van der Waals surface area contributed by atoms with Crippen LogP contribution in [-0.2, 0) is 13.5 Å². The number of pyridine rings is 1. The summed E-state index contributed by atoms with van der Waals surface area (Å²) in [6.07, 6.45) is 4.77. The van der Waals surface area contributed by atoms with Gasteiger partial charge in [0.15, 0.2) is 0 Å². The van der Waals surface area contributed by atoms with Crippen LogP contribution in [0.5, 0.6) is 0 Å². The molecule has 0 fully saturated rings. The summed E-state index contributed by atoms with van der Waals surface area (Å²) in [5, 5.41) is 8.99. The lowest BCUT2D eigenvalue weighted by Crippen LogP contribution is -2.19. The number of nitrogens with zero attached hydrogens (tertiary/aromatic N) is 3. The van der Waals surface area contributed by atoms with E-state index in [-0.39, 0.29) is 6.04 Å². The van der Waals surface area contributed by atoms with E-state index in [1.165, 1.54) is 22.2 Å². The predicted octanol–water partition coefficient (Wildman–Crippen LogP) is 2.78. The van der Waals surface area contributed by atoms with Gasteiger partial charge in [0.25, 0.3) is 0 Å². The number of likely N-dealkylation sites (N-methyl/N-ethyl adjacent to an activating group) is 1. The Morgan fingerprint density at radius 1 is 1.24 bits per heavy atom. The zero-order valence-corrected chi connectivity index (χ0v) is 12.7. The average Bonchev–Trinajstić information content (AvgIpc) is 2.85. The molecule has 21 heavy (non-hydrogen) atoms. The minimum Gasteiger partial charge on any atom is -0.313 e. The lowest BCUT2D eigenvalue weighted by molar-refractivity contribution is 0.588. The molecule has 0 aliphatic heterocycles. The highest BCUT2D eigenvalue weighted by Crippen LogP contribution is 2.24. The summed E-state index contributed by atoms with van der Waals surface area (Å²) in [4.78, 5) is 4.43. The Hall–Kier alpha value is -2.20. The molecule has 108 valence electrons. The van der Waals surface area contributed by atoms with Crippen molar-refractivity contribution in [2.75, 3.05) is 7.05 Å². The van der Waals surface area contributed by atoms with E-state index < -0.39 is 0 Å². The largest absolute Gasteiger partial charge is 0.313 e. The quantitative estimate of drug-likeness (QED) is 0.799. The van der Waals surface area contributed by atoms with Gasteiger partial charge in [0, 0.05) is 35.9 Å². The van der Waals surface area contributed by atoms with E-state index in [1.807, 2.05) is 37.2 Å². The molecule has 0 radical (unpaired) electrons. The summed E-state index contributed by atoms with van der Waals surface area (Å²) in [5.41, 5.74) is 4.81. The first kappa shape index (κ1) is 13.8. The maximum Gasteiger partial charge on any atom is 0.0704 e. The maximum atomic E-state index is 4.43. The van der Waals surface area contributed by atoms with Gasteiger partial charge in [-0.1, -0.05) is 18.2 Å². The minimum absolute atomic E-state index is 0.254. The number of aryl methyl sites for hydroxylation is 1. The van der Waals surface area contributed by atoms with Crippen molar-refractivity contribution in [1.82, 2.24) is 20.1 Å². The maximum absolute atomic E-state index is 4.43. The normalized spacial score (nSPS) is 12.7. The Balaban J connectivity index is 1.98. The third kappa shape index (κ3) is 2.54. The number of aromatic nitrogens is 3. The van der Waals surface area contributed by atoms with Crippen molar-refractivity contribution in [1.29, 1.82) is 0 Å². The second-order valence-electron chi connectivity index (χ2n) is 5.34. The summed E-state index contributed by atoms with van der Waals surface area (Å²) < 4.78 is 1.92. The third-order valence-corrected chi connectivity index (χ3v) is 4.16. The minimum atomic E-state index is 0.254. The van der Waals surface area contributed by atoms with Crippen molar-refractivity contribution < 1.29 is 0 Å². The topological polar surface area (TPSA) is 42.7 Å². The zero-order chi connectivity index (χ0) is 14.8. The molecule has 0 aliphatic rings. The van der Waals surface area contributed by atoms with Gasteiger partial charge in [0.1, 0.15) is 0 Å². The molecule has 2 aromatic heterocycles. The van der Waals surface area contributed by atoms with Gasteiger partial charge in [-0.3, -0.25) is 9.67 Å². The SMILES string of the molecule is CNC(Cc1ccnc2ccccc12)c1cnn(C)c1C. The van der Waals surface area contributed by atoms with Gasteiger partial charge in [-0.15, -0.1) is 0 Å². The van der Waals surface area contributed by atoms with Gasteiger partial charge in [0.2, 0.25) is 0 Å². The van der Waals surface area contributed by atoms with Crippen molar-refractivity contribution in [3.63, 3.8) is 0 Å². The molecule has 4 heteroatoms. The van der Waals surface area contributed by atoms with Gasteiger partial charge < -0.3 is 5.32 Å². The van der Waals surface area contributed by atoms with Crippen LogP contribution in [0.25, 0.3) is 10.9 Å². The van der Waals surface area contributed by atoms with Gasteiger partial charge >= 0.3 is 0 Å². The fourth-order valence-corrected chi connectivity index (χ4v) is 2.78. The van der Waals surface area contributed by atoms with Gasteiger partial charge in [0.05, 0.1) is 11.7 Å². The molecule has 4 nitrogen and oxygen atoms in total. The fraction of sp³-hybridized carbons (Fsp3) is 0.294. The average molecular weight is 280 g/mol. The summed E-state index contributed by atoms with van der Waals surface area (Å²) in [5.74, 6) is 0. The standard InChI is InChI=1S/C17H20N4/c1-12-15(11-20-21(12)3)17(18-2)10-13-8-9-19-16-7-5-4-6-14(13)16/h4-9,11,17-18H,10H2,1-3H3. The lowest BCUT2D eigenvalue weighted by Gasteiger charge is -2.17. The van der Waals surface area contributed by atoms with Crippen molar-refractivity contribution in [2.24, 2.45) is 7.05 Å². The lowest BCUT2D eigenvalue weighted by atomic mass is 9.97. The van der Waals surface area contributed by atoms with Crippen molar-refractivity contribution in [3.8, 4) is 0 Å². The van der Waals surface area contributed by atoms with Crippen LogP contribution in [0, 0.1) is 6.92 Å². The molecule has 0 bridgehead atoms. The molecule has 0 aliphatic carbocycles. The summed E-state index contributed by atoms with van der Waals surface area (Å²) in [7, 11) is 3.98. The number of nitrogens with one attached hydrogen (secondary N) is 1. The molecule has 0 spiro atoms. The van der Waals surface area contributed by atoms with E-state index >= 15 is 0 Å². The second kappa shape index (κ2) is 5.66. The molecule has 1 unspecified atom stereocenters. The summed E-state index contributed by atoms with van der Waals surface area (Å²) >= 11 is 0. The highest BCUT2D eigenvalue weighted by Gasteiger charge is 2.16. The Morgan fingerprint density at radius 2 is 2.05 bits per heavy atom. The van der Waals surface area contributed by atoms with Gasteiger partial charge in [-0.05, 0) is 38.1 Å². The third-order valence-electron chi connectivity index (χ3n) is 4.16. The first-order valence-corrected chi connectivity index (χ1v) is 7.19. The molecule has 0 saturated carbocycles. The van der Waals surface area contributed by atoms with E-state index in [2.05, 4.69) is 46.6 Å². The smallest absolute Gasteiger partial charge is 0.0704 e. The van der Waals surface area contributed by atoms with E-state index in [9.17, 15) is 0 Å². The van der Waals surface area contributed by atoms with Crippen LogP contribution < -0.4 is 5.32 Å². The number of rotatable bonds is 4. The molecule has 0 amide bonds. The van der Waals surface area contributed by atoms with E-state index in [4.69, 9.17) is 0 Å². The van der Waals surface area contributed by atoms with Crippen LogP contribution in [0.15, 0.2) is 42.7 Å². The molecule has 3 rings (SSSR count). The number of fused-ring (bicyclic) bond motifs is 1. The zero-order valence-electron chi connectivity index (χ0n) is 12.7. The van der Waals surface area contributed by atoms with E-state index in [0.717, 1.165) is 11.9 Å². The molecule has 0 saturated heterocycles. The Labute approximate surface area is 124 Å². The first-order valence-electron chi connectivity index (χ1n) is 7.19. The molecular weight excluding hydrogens is 260 g/mol. The van der Waals surface area contributed by atoms with Crippen molar-refractivity contribution in [2.45, 2.75) is 19.4 Å². The van der Waals surface area contributed by atoms with Crippen LogP contribution >= 0.6 is 0 Å². The van der Waals surface area contributed by atoms with E-state index in [0.29, 0.717) is 0 Å². The fourth-order valence-electron chi connectivity index (χ4n) is 2.78. The molecule has 1 aromatic carbocycles. The van der Waals surface area contributed by atoms with Gasteiger partial charge in [-0.25, -0.2) is 0 Å². The van der Waals surface area contributed by atoms with E-state index in [1.54, 1.807) is 0 Å². The van der Waals surface area contributed by atoms with Crippen LogP contribution in [0.2, 0.25) is 0 Å². The van der Waals surface area contributed by atoms with Crippen LogP contribution in [0.4, 0.5) is 0 Å². The number of benzene rings is 1. The monoisotopic (exact) mass is 280 g/mol. The first-order chi connectivity index (χ1) is 10.2. The Morgan fingerprint density at radius 3 is 2.76 bits per heavy atom. The molecule has 1 atom stereocenters. The summed E-state index contributed by atoms with van der Waals surface area (Å²) in [6.45, 7) is 2.11. The highest BCUT2D eigenvalue weighted by molar-refractivity contribution is 5.81. The van der Waals surface area contributed by atoms with Crippen LogP contribution in [0.1, 0.15) is 22.9 Å². The van der Waals surface area contributed by atoms with Crippen LogP contribution in [0.3, 0.4) is 0 Å². The number of hydrogen-bond donors (Lipinski definition) is 1.